The van der Waals surface area contributed by atoms with Gasteiger partial charge in [-0.2, -0.15) is 0 Å². The van der Waals surface area contributed by atoms with E-state index in [0.29, 0.717) is 11.3 Å². The van der Waals surface area contributed by atoms with Crippen LogP contribution >= 0.6 is 0 Å². The lowest BCUT2D eigenvalue weighted by Gasteiger charge is -2.19. The summed E-state index contributed by atoms with van der Waals surface area (Å²) in [6, 6.07) is 5.63. The van der Waals surface area contributed by atoms with Gasteiger partial charge in [0.1, 0.15) is 0 Å². The Morgan fingerprint density at radius 3 is 3.00 bits per heavy atom. The Balaban J connectivity index is 1.79. The van der Waals surface area contributed by atoms with Crippen molar-refractivity contribution in [2.75, 3.05) is 23.3 Å². The first kappa shape index (κ1) is 12.2. The van der Waals surface area contributed by atoms with E-state index in [-0.39, 0.29) is 0 Å². The molecule has 19 heavy (non-hydrogen) atoms. The van der Waals surface area contributed by atoms with Crippen molar-refractivity contribution < 1.29 is 9.59 Å². The van der Waals surface area contributed by atoms with E-state index in [1.165, 1.54) is 19.3 Å². The standard InChI is InChI=1S/C15H18N2O2/c1-2-3-10-6-7-17(9-10)11-4-5-12-13(8-11)16-15(19)14(12)18/h4-5,8,10H,2-3,6-7,9H2,1H3,(H,16,18,19). The van der Waals surface area contributed by atoms with Crippen molar-refractivity contribution in [3.63, 3.8) is 0 Å². The Labute approximate surface area is 112 Å². The molecular weight excluding hydrogens is 240 g/mol. The molecule has 0 aliphatic carbocycles. The molecule has 1 unspecified atom stereocenters. The lowest BCUT2D eigenvalue weighted by molar-refractivity contribution is -0.112. The summed E-state index contributed by atoms with van der Waals surface area (Å²) < 4.78 is 0. The van der Waals surface area contributed by atoms with E-state index < -0.39 is 11.7 Å². The van der Waals surface area contributed by atoms with Gasteiger partial charge in [0, 0.05) is 18.8 Å². The number of hydrogen-bond acceptors (Lipinski definition) is 3. The summed E-state index contributed by atoms with van der Waals surface area (Å²) in [7, 11) is 0. The highest BCUT2D eigenvalue weighted by atomic mass is 16.2. The van der Waals surface area contributed by atoms with Crippen LogP contribution in [0.15, 0.2) is 18.2 Å². The quantitative estimate of drug-likeness (QED) is 0.847. The summed E-state index contributed by atoms with van der Waals surface area (Å²) in [6.45, 7) is 4.36. The first-order valence-corrected chi connectivity index (χ1v) is 6.93. The number of Topliss-reactive ketones (excluding diaryl/α,β-unsaturated/α-hetero) is 1. The van der Waals surface area contributed by atoms with E-state index in [2.05, 4.69) is 17.1 Å². The Hall–Kier alpha value is -1.84. The largest absolute Gasteiger partial charge is 0.371 e. The Kier molecular flexibility index (Phi) is 3.01. The monoisotopic (exact) mass is 258 g/mol. The SMILES string of the molecule is CCCC1CCN(c2ccc3c(c2)NC(=O)C3=O)C1. The topological polar surface area (TPSA) is 49.4 Å². The van der Waals surface area contributed by atoms with Crippen LogP contribution < -0.4 is 10.2 Å². The van der Waals surface area contributed by atoms with E-state index in [1.807, 2.05) is 12.1 Å². The van der Waals surface area contributed by atoms with Crippen LogP contribution in [0.1, 0.15) is 36.5 Å². The molecule has 0 radical (unpaired) electrons. The zero-order chi connectivity index (χ0) is 13.4. The zero-order valence-electron chi connectivity index (χ0n) is 11.1. The Bertz CT molecular complexity index is 539. The molecule has 3 rings (SSSR count). The van der Waals surface area contributed by atoms with Crippen LogP contribution in [0.4, 0.5) is 11.4 Å². The maximum Gasteiger partial charge on any atom is 0.296 e. The molecule has 0 aromatic heterocycles. The maximum absolute atomic E-state index is 11.5. The number of rotatable bonds is 3. The highest BCUT2D eigenvalue weighted by molar-refractivity contribution is 6.51. The van der Waals surface area contributed by atoms with Crippen LogP contribution in [0.25, 0.3) is 0 Å². The smallest absolute Gasteiger partial charge is 0.296 e. The van der Waals surface area contributed by atoms with Gasteiger partial charge in [0.15, 0.2) is 0 Å². The number of hydrogen-bond donors (Lipinski definition) is 1. The second-order valence-electron chi connectivity index (χ2n) is 5.40. The molecule has 1 fully saturated rings. The molecular formula is C15H18N2O2. The highest BCUT2D eigenvalue weighted by Crippen LogP contribution is 2.32. The van der Waals surface area contributed by atoms with Crippen molar-refractivity contribution in [3.05, 3.63) is 23.8 Å². The minimum atomic E-state index is -0.516. The van der Waals surface area contributed by atoms with E-state index in [1.54, 1.807) is 6.07 Å². The van der Waals surface area contributed by atoms with Crippen molar-refractivity contribution >= 4 is 23.1 Å². The molecule has 1 aromatic rings. The van der Waals surface area contributed by atoms with Gasteiger partial charge in [-0.25, -0.2) is 0 Å². The first-order chi connectivity index (χ1) is 9.19. The normalized spacial score (nSPS) is 21.7. The molecule has 1 atom stereocenters. The van der Waals surface area contributed by atoms with Gasteiger partial charge in [0.2, 0.25) is 0 Å². The third-order valence-corrected chi connectivity index (χ3v) is 4.05. The highest BCUT2D eigenvalue weighted by Gasteiger charge is 2.29. The molecule has 100 valence electrons. The van der Waals surface area contributed by atoms with E-state index in [4.69, 9.17) is 0 Å². The predicted octanol–water partition coefficient (Wildman–Crippen LogP) is 2.45. The maximum atomic E-state index is 11.5. The molecule has 2 aliphatic heterocycles. The number of anilines is 2. The zero-order valence-corrected chi connectivity index (χ0v) is 11.1. The molecule has 2 heterocycles. The van der Waals surface area contributed by atoms with Crippen LogP contribution in [0.3, 0.4) is 0 Å². The number of ketones is 1. The van der Waals surface area contributed by atoms with Crippen molar-refractivity contribution in [3.8, 4) is 0 Å². The van der Waals surface area contributed by atoms with Gasteiger partial charge < -0.3 is 10.2 Å². The molecule has 1 aromatic carbocycles. The molecule has 2 aliphatic rings. The summed E-state index contributed by atoms with van der Waals surface area (Å²) in [5.41, 5.74) is 2.26. The molecule has 1 saturated heterocycles. The van der Waals surface area contributed by atoms with Crippen LogP contribution in [-0.2, 0) is 4.79 Å². The fourth-order valence-corrected chi connectivity index (χ4v) is 3.04. The molecule has 0 saturated carbocycles. The summed E-state index contributed by atoms with van der Waals surface area (Å²) in [5.74, 6) is -0.168. The molecule has 0 bridgehead atoms. The van der Waals surface area contributed by atoms with Gasteiger partial charge in [-0.05, 0) is 37.0 Å². The number of carbonyl (C=O) groups excluding carboxylic acids is 2. The van der Waals surface area contributed by atoms with Gasteiger partial charge in [0.25, 0.3) is 11.7 Å². The lowest BCUT2D eigenvalue weighted by Crippen LogP contribution is -2.19. The van der Waals surface area contributed by atoms with Gasteiger partial charge in [-0.15, -0.1) is 0 Å². The fraction of sp³-hybridized carbons (Fsp3) is 0.467. The second-order valence-corrected chi connectivity index (χ2v) is 5.40. The van der Waals surface area contributed by atoms with Crippen molar-refractivity contribution in [2.45, 2.75) is 26.2 Å². The minimum Gasteiger partial charge on any atom is -0.371 e. The number of amides is 1. The van der Waals surface area contributed by atoms with Crippen molar-refractivity contribution in [2.24, 2.45) is 5.92 Å². The van der Waals surface area contributed by atoms with Crippen molar-refractivity contribution in [1.29, 1.82) is 0 Å². The van der Waals surface area contributed by atoms with Crippen LogP contribution in [0.5, 0.6) is 0 Å². The minimum absolute atomic E-state index is 0.424. The van der Waals surface area contributed by atoms with Gasteiger partial charge in [-0.3, -0.25) is 9.59 Å². The Morgan fingerprint density at radius 2 is 2.21 bits per heavy atom. The summed E-state index contributed by atoms with van der Waals surface area (Å²) in [4.78, 5) is 25.2. The van der Waals surface area contributed by atoms with E-state index >= 15 is 0 Å². The third-order valence-electron chi connectivity index (χ3n) is 4.05. The van der Waals surface area contributed by atoms with E-state index in [0.717, 1.165) is 24.7 Å². The third kappa shape index (κ3) is 2.11. The molecule has 4 nitrogen and oxygen atoms in total. The first-order valence-electron chi connectivity index (χ1n) is 6.93. The molecule has 1 amide bonds. The van der Waals surface area contributed by atoms with Gasteiger partial charge in [-0.1, -0.05) is 13.3 Å². The lowest BCUT2D eigenvalue weighted by atomic mass is 10.0. The summed E-state index contributed by atoms with van der Waals surface area (Å²) in [5, 5.41) is 2.63. The number of nitrogens with one attached hydrogen (secondary N) is 1. The number of fused-ring (bicyclic) bond motifs is 1. The molecule has 0 spiro atoms. The summed E-state index contributed by atoms with van der Waals surface area (Å²) >= 11 is 0. The van der Waals surface area contributed by atoms with Crippen LogP contribution in [0.2, 0.25) is 0 Å². The number of nitrogens with zero attached hydrogens (tertiary/aromatic N) is 1. The van der Waals surface area contributed by atoms with Gasteiger partial charge in [0.05, 0.1) is 11.3 Å². The van der Waals surface area contributed by atoms with Crippen LogP contribution in [0, 0.1) is 5.92 Å². The molecule has 4 heteroatoms. The fourth-order valence-electron chi connectivity index (χ4n) is 3.04. The predicted molar refractivity (Wildman–Crippen MR) is 74.6 cm³/mol. The van der Waals surface area contributed by atoms with E-state index in [9.17, 15) is 9.59 Å². The summed E-state index contributed by atoms with van der Waals surface area (Å²) in [6.07, 6.45) is 3.74. The van der Waals surface area contributed by atoms with Crippen molar-refractivity contribution in [1.82, 2.24) is 0 Å². The number of carbonyl (C=O) groups is 2. The second kappa shape index (κ2) is 4.68. The average Bonchev–Trinajstić information content (AvgIpc) is 2.96. The molecule has 1 N–H and O–H groups in total. The average molecular weight is 258 g/mol. The Morgan fingerprint density at radius 1 is 1.37 bits per heavy atom. The van der Waals surface area contributed by atoms with Crippen LogP contribution in [-0.4, -0.2) is 24.8 Å². The number of benzene rings is 1. The van der Waals surface area contributed by atoms with Gasteiger partial charge >= 0.3 is 0 Å².